The van der Waals surface area contributed by atoms with Gasteiger partial charge in [-0.3, -0.25) is 0 Å². The smallest absolute Gasteiger partial charge is 0.168 e. The Morgan fingerprint density at radius 3 is 1.76 bits per heavy atom. The summed E-state index contributed by atoms with van der Waals surface area (Å²) in [7, 11) is 0. The van der Waals surface area contributed by atoms with Crippen LogP contribution in [0.5, 0.6) is 0 Å². The fourth-order valence-electron chi connectivity index (χ4n) is 2.72. The Bertz CT molecular complexity index is 217. The zero-order valence-corrected chi connectivity index (χ0v) is 14.5. The molecule has 4 N–H and O–H groups in total. The molecule has 0 amide bonds. The number of ether oxygens (including phenoxy) is 2. The molecule has 0 fully saturated rings. The lowest BCUT2D eigenvalue weighted by atomic mass is 10.00. The molecule has 21 heavy (non-hydrogen) atoms. The first kappa shape index (κ1) is 20.8. The Hall–Kier alpha value is -0.160. The van der Waals surface area contributed by atoms with Crippen LogP contribution in [0.4, 0.5) is 0 Å². The topological polar surface area (TPSA) is 70.5 Å². The lowest BCUT2D eigenvalue weighted by Crippen LogP contribution is -2.40. The van der Waals surface area contributed by atoms with Crippen molar-refractivity contribution in [3.8, 4) is 0 Å². The second-order valence-corrected chi connectivity index (χ2v) is 5.85. The zero-order chi connectivity index (χ0) is 16.0. The summed E-state index contributed by atoms with van der Waals surface area (Å²) in [6, 6.07) is 0. The van der Waals surface area contributed by atoms with Gasteiger partial charge in [-0.15, -0.1) is 0 Å². The van der Waals surface area contributed by atoms with Gasteiger partial charge in [0.25, 0.3) is 0 Å². The van der Waals surface area contributed by atoms with Gasteiger partial charge < -0.3 is 20.9 Å². The molecule has 0 unspecified atom stereocenters. The van der Waals surface area contributed by atoms with E-state index in [1.54, 1.807) is 0 Å². The molecule has 4 nitrogen and oxygen atoms in total. The van der Waals surface area contributed by atoms with Crippen LogP contribution in [0.2, 0.25) is 0 Å². The predicted molar refractivity (Wildman–Crippen MR) is 90.0 cm³/mol. The minimum atomic E-state index is -0.482. The average Bonchev–Trinajstić information content (AvgIpc) is 2.45. The Morgan fingerprint density at radius 2 is 1.29 bits per heavy atom. The van der Waals surface area contributed by atoms with E-state index in [9.17, 15) is 0 Å². The van der Waals surface area contributed by atoms with Gasteiger partial charge >= 0.3 is 0 Å². The fourth-order valence-corrected chi connectivity index (χ4v) is 2.72. The second-order valence-electron chi connectivity index (χ2n) is 5.85. The predicted octanol–water partition coefficient (Wildman–Crippen LogP) is 3.92. The van der Waals surface area contributed by atoms with Crippen LogP contribution < -0.4 is 11.5 Å². The van der Waals surface area contributed by atoms with Crippen LogP contribution in [-0.2, 0) is 9.47 Å². The average molecular weight is 303 g/mol. The van der Waals surface area contributed by atoms with Gasteiger partial charge in [0.2, 0.25) is 0 Å². The minimum Gasteiger partial charge on any atom is -0.350 e. The van der Waals surface area contributed by atoms with Crippen LogP contribution in [-0.4, -0.2) is 25.2 Å². The highest BCUT2D eigenvalue weighted by atomic mass is 16.7. The quantitative estimate of drug-likeness (QED) is 0.355. The number of unbranched alkanes of at least 4 members (excludes halogenated alkanes) is 6. The van der Waals surface area contributed by atoms with Crippen molar-refractivity contribution < 1.29 is 9.47 Å². The van der Waals surface area contributed by atoms with Crippen LogP contribution in [0.3, 0.4) is 0 Å². The highest BCUT2D eigenvalue weighted by Crippen LogP contribution is 2.27. The molecule has 0 saturated carbocycles. The summed E-state index contributed by atoms with van der Waals surface area (Å²) in [6.07, 6.45) is 11.2. The van der Waals surface area contributed by atoms with E-state index in [0.29, 0.717) is 13.2 Å². The summed E-state index contributed by atoms with van der Waals surface area (Å²) in [5.74, 6) is -0.482. The van der Waals surface area contributed by atoms with Crippen molar-refractivity contribution in [1.29, 1.82) is 0 Å². The van der Waals surface area contributed by atoms with E-state index >= 15 is 0 Å². The molecule has 0 aromatic heterocycles. The van der Waals surface area contributed by atoms with E-state index < -0.39 is 5.79 Å². The summed E-state index contributed by atoms with van der Waals surface area (Å²) in [4.78, 5) is 0. The maximum atomic E-state index is 5.93. The first-order chi connectivity index (χ1) is 10.1. The molecule has 0 rings (SSSR count). The van der Waals surface area contributed by atoms with Gasteiger partial charge in [0, 0.05) is 26.1 Å². The van der Waals surface area contributed by atoms with Crippen molar-refractivity contribution in [1.82, 2.24) is 0 Å². The molecule has 0 spiro atoms. The van der Waals surface area contributed by atoms with Crippen LogP contribution >= 0.6 is 0 Å². The van der Waals surface area contributed by atoms with Gasteiger partial charge in [0.05, 0.1) is 6.17 Å². The van der Waals surface area contributed by atoms with Crippen molar-refractivity contribution in [2.75, 3.05) is 13.2 Å². The maximum Gasteiger partial charge on any atom is 0.168 e. The van der Waals surface area contributed by atoms with Crippen LogP contribution in [0, 0.1) is 0 Å². The Morgan fingerprint density at radius 1 is 0.762 bits per heavy atom. The first-order valence-corrected chi connectivity index (χ1v) is 8.89. The molecular formula is C17H38N2O2. The van der Waals surface area contributed by atoms with Crippen molar-refractivity contribution in [3.05, 3.63) is 0 Å². The SMILES string of the molecule is CCCCCCCCCC(CCC(N)N)(OCC)OCC. The van der Waals surface area contributed by atoms with Crippen LogP contribution in [0.15, 0.2) is 0 Å². The molecule has 0 aromatic carbocycles. The Labute approximate surface area is 131 Å². The molecule has 0 aliphatic rings. The van der Waals surface area contributed by atoms with Gasteiger partial charge in [0.15, 0.2) is 5.79 Å². The third-order valence-electron chi connectivity index (χ3n) is 3.83. The van der Waals surface area contributed by atoms with Gasteiger partial charge in [-0.25, -0.2) is 0 Å². The molecule has 4 heteroatoms. The Kier molecular flexibility index (Phi) is 13.4. The molecular weight excluding hydrogens is 264 g/mol. The number of hydrogen-bond donors (Lipinski definition) is 2. The molecule has 0 aromatic rings. The van der Waals surface area contributed by atoms with Crippen molar-refractivity contribution >= 4 is 0 Å². The lowest BCUT2D eigenvalue weighted by molar-refractivity contribution is -0.242. The van der Waals surface area contributed by atoms with Gasteiger partial charge in [0.1, 0.15) is 0 Å². The van der Waals surface area contributed by atoms with Crippen LogP contribution in [0.25, 0.3) is 0 Å². The highest BCUT2D eigenvalue weighted by Gasteiger charge is 2.30. The van der Waals surface area contributed by atoms with Gasteiger partial charge in [-0.1, -0.05) is 45.4 Å². The highest BCUT2D eigenvalue weighted by molar-refractivity contribution is 4.72. The van der Waals surface area contributed by atoms with Crippen LogP contribution in [0.1, 0.15) is 85.0 Å². The number of rotatable bonds is 15. The standard InChI is InChI=1S/C17H38N2O2/c1-4-7-8-9-10-11-12-14-17(20-5-2,21-6-3)15-13-16(18)19/h16H,4-15,18-19H2,1-3H3. The molecule has 0 atom stereocenters. The number of hydrogen-bond acceptors (Lipinski definition) is 4. The summed E-state index contributed by atoms with van der Waals surface area (Å²) >= 11 is 0. The molecule has 0 heterocycles. The third kappa shape index (κ3) is 11.1. The van der Waals surface area contributed by atoms with E-state index in [1.165, 1.54) is 38.5 Å². The first-order valence-electron chi connectivity index (χ1n) is 8.89. The fraction of sp³-hybridized carbons (Fsp3) is 1.00. The molecule has 0 bridgehead atoms. The van der Waals surface area contributed by atoms with E-state index in [-0.39, 0.29) is 6.17 Å². The van der Waals surface area contributed by atoms with E-state index in [4.69, 9.17) is 20.9 Å². The second kappa shape index (κ2) is 13.5. The minimum absolute atomic E-state index is 0.292. The maximum absolute atomic E-state index is 5.93. The summed E-state index contributed by atoms with van der Waals surface area (Å²) in [5, 5.41) is 0. The van der Waals surface area contributed by atoms with E-state index in [0.717, 1.165) is 25.7 Å². The third-order valence-corrected chi connectivity index (χ3v) is 3.83. The molecule has 128 valence electrons. The van der Waals surface area contributed by atoms with Gasteiger partial charge in [-0.05, 0) is 26.7 Å². The zero-order valence-electron chi connectivity index (χ0n) is 14.5. The molecule has 0 aliphatic heterocycles. The number of nitrogens with two attached hydrogens (primary N) is 2. The summed E-state index contributed by atoms with van der Waals surface area (Å²) in [5.41, 5.74) is 11.4. The summed E-state index contributed by atoms with van der Waals surface area (Å²) in [6.45, 7) is 7.61. The van der Waals surface area contributed by atoms with E-state index in [1.807, 2.05) is 13.8 Å². The molecule has 0 saturated heterocycles. The monoisotopic (exact) mass is 302 g/mol. The van der Waals surface area contributed by atoms with E-state index in [2.05, 4.69) is 6.92 Å². The lowest BCUT2D eigenvalue weighted by Gasteiger charge is -2.34. The normalized spacial score (nSPS) is 12.3. The van der Waals surface area contributed by atoms with Crippen molar-refractivity contribution in [3.63, 3.8) is 0 Å². The molecule has 0 radical (unpaired) electrons. The largest absolute Gasteiger partial charge is 0.350 e. The van der Waals surface area contributed by atoms with Crippen molar-refractivity contribution in [2.45, 2.75) is 96.9 Å². The van der Waals surface area contributed by atoms with Crippen molar-refractivity contribution in [2.24, 2.45) is 11.5 Å². The van der Waals surface area contributed by atoms with Gasteiger partial charge in [-0.2, -0.15) is 0 Å². The Balaban J connectivity index is 4.12. The summed E-state index contributed by atoms with van der Waals surface area (Å²) < 4.78 is 11.9. The molecule has 0 aliphatic carbocycles.